The zero-order chi connectivity index (χ0) is 16.9. The Hall–Kier alpha value is -1.30. The fraction of sp³-hybridized carbons (Fsp3) is 0.250. The molecule has 0 bridgehead atoms. The van der Waals surface area contributed by atoms with Gasteiger partial charge in [0.05, 0.1) is 17.8 Å². The van der Waals surface area contributed by atoms with Gasteiger partial charge in [-0.25, -0.2) is 8.42 Å². The molecule has 0 aliphatic carbocycles. The zero-order valence-corrected chi connectivity index (χ0v) is 15.4. The van der Waals surface area contributed by atoms with Gasteiger partial charge < -0.3 is 4.74 Å². The molecule has 0 amide bonds. The van der Waals surface area contributed by atoms with E-state index in [4.69, 9.17) is 0 Å². The summed E-state index contributed by atoms with van der Waals surface area (Å²) in [4.78, 5) is 12.2. The summed E-state index contributed by atoms with van der Waals surface area (Å²) in [6.07, 6.45) is 1.91. The van der Waals surface area contributed by atoms with E-state index in [1.807, 2.05) is 6.26 Å². The van der Waals surface area contributed by atoms with E-state index in [9.17, 15) is 13.2 Å². The van der Waals surface area contributed by atoms with E-state index in [1.165, 1.54) is 31.0 Å². The van der Waals surface area contributed by atoms with E-state index in [0.717, 1.165) is 28.0 Å². The second-order valence-corrected chi connectivity index (χ2v) is 8.78. The molecule has 0 radical (unpaired) electrons. The number of aromatic nitrogens is 2. The summed E-state index contributed by atoms with van der Waals surface area (Å²) in [7, 11) is -2.42. The molecular weight excluding hydrogens is 378 g/mol. The molecule has 2 aromatic rings. The SMILES string of the molecule is COC(=O)CSc1nnc(NS(=O)(=O)c2ccc(SC)cc2)s1. The van der Waals surface area contributed by atoms with Crippen molar-refractivity contribution in [2.24, 2.45) is 0 Å². The number of carbonyl (C=O) groups is 1. The topological polar surface area (TPSA) is 98.2 Å². The Morgan fingerprint density at radius 2 is 2.00 bits per heavy atom. The van der Waals surface area contributed by atoms with Crippen LogP contribution in [0.1, 0.15) is 0 Å². The number of nitrogens with zero attached hydrogens (tertiary/aromatic N) is 2. The molecule has 0 atom stereocenters. The first-order valence-electron chi connectivity index (χ1n) is 6.14. The predicted molar refractivity (Wildman–Crippen MR) is 91.7 cm³/mol. The van der Waals surface area contributed by atoms with Crippen molar-refractivity contribution in [3.63, 3.8) is 0 Å². The highest BCUT2D eigenvalue weighted by Gasteiger charge is 2.17. The molecule has 124 valence electrons. The Morgan fingerprint density at radius 3 is 2.61 bits per heavy atom. The van der Waals surface area contributed by atoms with Crippen LogP contribution in [0.2, 0.25) is 0 Å². The fourth-order valence-electron chi connectivity index (χ4n) is 1.42. The van der Waals surface area contributed by atoms with Crippen molar-refractivity contribution >= 4 is 56.0 Å². The normalized spacial score (nSPS) is 11.2. The van der Waals surface area contributed by atoms with Gasteiger partial charge in [0.2, 0.25) is 5.13 Å². The van der Waals surface area contributed by atoms with Gasteiger partial charge in [-0.15, -0.1) is 22.0 Å². The monoisotopic (exact) mass is 391 g/mol. The number of sulfonamides is 1. The lowest BCUT2D eigenvalue weighted by Gasteiger charge is -2.05. The quantitative estimate of drug-likeness (QED) is 0.567. The van der Waals surface area contributed by atoms with Crippen LogP contribution in [0, 0.1) is 0 Å². The highest BCUT2D eigenvalue weighted by Crippen LogP contribution is 2.27. The van der Waals surface area contributed by atoms with Gasteiger partial charge in [0.1, 0.15) is 0 Å². The summed E-state index contributed by atoms with van der Waals surface area (Å²) in [5, 5.41) is 7.73. The highest BCUT2D eigenvalue weighted by atomic mass is 32.2. The van der Waals surface area contributed by atoms with Crippen molar-refractivity contribution in [1.82, 2.24) is 10.2 Å². The summed E-state index contributed by atoms with van der Waals surface area (Å²) in [6.45, 7) is 0. The zero-order valence-electron chi connectivity index (χ0n) is 12.2. The van der Waals surface area contributed by atoms with E-state index in [0.29, 0.717) is 4.34 Å². The van der Waals surface area contributed by atoms with E-state index < -0.39 is 10.0 Å². The van der Waals surface area contributed by atoms with Crippen LogP contribution in [0.25, 0.3) is 0 Å². The molecule has 0 saturated carbocycles. The number of carbonyl (C=O) groups excluding carboxylic acids is 1. The first-order valence-corrected chi connectivity index (χ1v) is 10.7. The van der Waals surface area contributed by atoms with Crippen LogP contribution in [0.5, 0.6) is 0 Å². The smallest absolute Gasteiger partial charge is 0.316 e. The predicted octanol–water partition coefficient (Wildman–Crippen LogP) is 2.33. The lowest BCUT2D eigenvalue weighted by molar-refractivity contribution is -0.137. The summed E-state index contributed by atoms with van der Waals surface area (Å²) < 4.78 is 31.9. The largest absolute Gasteiger partial charge is 0.468 e. The third-order valence-corrected chi connectivity index (χ3v) is 6.71. The second kappa shape index (κ2) is 7.99. The average molecular weight is 392 g/mol. The number of nitrogens with one attached hydrogen (secondary N) is 1. The molecule has 2 rings (SSSR count). The maximum absolute atomic E-state index is 12.3. The number of thioether (sulfide) groups is 2. The molecule has 1 heterocycles. The number of rotatable bonds is 7. The van der Waals surface area contributed by atoms with E-state index in [-0.39, 0.29) is 21.7 Å². The van der Waals surface area contributed by atoms with Gasteiger partial charge in [0.15, 0.2) is 4.34 Å². The van der Waals surface area contributed by atoms with Gasteiger partial charge in [0, 0.05) is 4.90 Å². The number of hydrogen-bond donors (Lipinski definition) is 1. The molecule has 1 aromatic carbocycles. The molecule has 0 unspecified atom stereocenters. The molecule has 23 heavy (non-hydrogen) atoms. The maximum atomic E-state index is 12.3. The lowest BCUT2D eigenvalue weighted by Crippen LogP contribution is -2.12. The average Bonchev–Trinajstić information content (AvgIpc) is 2.99. The number of hydrogen-bond acceptors (Lipinski definition) is 9. The number of methoxy groups -OCH3 is 1. The van der Waals surface area contributed by atoms with Gasteiger partial charge >= 0.3 is 5.97 Å². The fourth-order valence-corrected chi connectivity index (χ4v) is 4.64. The molecule has 0 aliphatic rings. The molecule has 1 aromatic heterocycles. The molecule has 0 fully saturated rings. The van der Waals surface area contributed by atoms with Crippen LogP contribution < -0.4 is 4.72 Å². The van der Waals surface area contributed by atoms with Crippen molar-refractivity contribution in [2.75, 3.05) is 23.8 Å². The molecule has 0 saturated heterocycles. The molecule has 0 spiro atoms. The van der Waals surface area contributed by atoms with Crippen molar-refractivity contribution in [3.8, 4) is 0 Å². The second-order valence-electron chi connectivity index (χ2n) is 4.02. The summed E-state index contributed by atoms with van der Waals surface area (Å²) >= 11 is 3.72. The summed E-state index contributed by atoms with van der Waals surface area (Å²) in [5.74, 6) is -0.296. The molecular formula is C12H13N3O4S4. The van der Waals surface area contributed by atoms with Crippen molar-refractivity contribution in [1.29, 1.82) is 0 Å². The Balaban J connectivity index is 2.05. The molecule has 7 nitrogen and oxygen atoms in total. The van der Waals surface area contributed by atoms with Crippen molar-refractivity contribution in [2.45, 2.75) is 14.1 Å². The third-order valence-electron chi connectivity index (χ3n) is 2.54. The number of ether oxygens (including phenoxy) is 1. The van der Waals surface area contributed by atoms with Crippen molar-refractivity contribution < 1.29 is 17.9 Å². The van der Waals surface area contributed by atoms with E-state index in [2.05, 4.69) is 19.7 Å². The van der Waals surface area contributed by atoms with Crippen LogP contribution in [0.15, 0.2) is 38.4 Å². The standard InChI is InChI=1S/C12H13N3O4S4/c1-19-10(16)7-21-12-14-13-11(22-12)15-23(17,18)9-5-3-8(20-2)4-6-9/h3-6H,7H2,1-2H3,(H,13,15). The number of benzene rings is 1. The van der Waals surface area contributed by atoms with Gasteiger partial charge in [0.25, 0.3) is 10.0 Å². The van der Waals surface area contributed by atoms with Gasteiger partial charge in [-0.3, -0.25) is 9.52 Å². The Bertz CT molecular complexity index is 774. The molecule has 11 heteroatoms. The first-order chi connectivity index (χ1) is 10.9. The van der Waals surface area contributed by atoms with Crippen LogP contribution >= 0.6 is 34.9 Å². The Morgan fingerprint density at radius 1 is 1.30 bits per heavy atom. The number of anilines is 1. The third kappa shape index (κ3) is 5.09. The van der Waals surface area contributed by atoms with Gasteiger partial charge in [-0.05, 0) is 30.5 Å². The van der Waals surface area contributed by atoms with Crippen LogP contribution in [-0.4, -0.2) is 43.7 Å². The van der Waals surface area contributed by atoms with Gasteiger partial charge in [-0.1, -0.05) is 23.1 Å². The molecule has 1 N–H and O–H groups in total. The van der Waals surface area contributed by atoms with Crippen LogP contribution in [-0.2, 0) is 19.6 Å². The van der Waals surface area contributed by atoms with Gasteiger partial charge in [-0.2, -0.15) is 0 Å². The lowest BCUT2D eigenvalue weighted by atomic mass is 10.4. The summed E-state index contributed by atoms with van der Waals surface area (Å²) in [5.41, 5.74) is 0. The first kappa shape index (κ1) is 18.0. The minimum Gasteiger partial charge on any atom is -0.468 e. The Kier molecular flexibility index (Phi) is 6.27. The van der Waals surface area contributed by atoms with E-state index >= 15 is 0 Å². The minimum absolute atomic E-state index is 0.0913. The Labute approximate surface area is 146 Å². The van der Waals surface area contributed by atoms with Crippen LogP contribution in [0.3, 0.4) is 0 Å². The number of esters is 1. The highest BCUT2D eigenvalue weighted by molar-refractivity contribution is 8.01. The summed E-state index contributed by atoms with van der Waals surface area (Å²) in [6, 6.07) is 6.53. The van der Waals surface area contributed by atoms with Crippen LogP contribution in [0.4, 0.5) is 5.13 Å². The van der Waals surface area contributed by atoms with E-state index in [1.54, 1.807) is 12.1 Å². The minimum atomic E-state index is -3.71. The van der Waals surface area contributed by atoms with Crippen molar-refractivity contribution in [3.05, 3.63) is 24.3 Å². The maximum Gasteiger partial charge on any atom is 0.316 e. The molecule has 0 aliphatic heterocycles.